The van der Waals surface area contributed by atoms with Crippen molar-refractivity contribution in [2.75, 3.05) is 27.2 Å². The molecule has 0 fully saturated rings. The Balaban J connectivity index is 3.78. The molecule has 0 aromatic heterocycles. The highest BCUT2D eigenvalue weighted by Crippen LogP contribution is 2.21. The molecule has 0 saturated heterocycles. The molecule has 0 aliphatic rings. The standard InChI is InChI=1S/C12H28N4O/c1-10(9-16(4)5)14-8-6-7-12(2,3)11(13)15-17/h10,14,17H,6-9H2,1-5H3,(H2,13,15). The van der Waals surface area contributed by atoms with Gasteiger partial charge in [-0.1, -0.05) is 19.0 Å². The van der Waals surface area contributed by atoms with Crippen LogP contribution in [-0.2, 0) is 0 Å². The molecule has 0 bridgehead atoms. The zero-order valence-corrected chi connectivity index (χ0v) is 11.8. The van der Waals surface area contributed by atoms with E-state index in [-0.39, 0.29) is 5.41 Å². The second-order valence-corrected chi connectivity index (χ2v) is 5.59. The van der Waals surface area contributed by atoms with E-state index >= 15 is 0 Å². The Bertz CT molecular complexity index is 239. The van der Waals surface area contributed by atoms with Crippen LogP contribution in [-0.4, -0.2) is 49.2 Å². The van der Waals surface area contributed by atoms with Crippen LogP contribution in [0.1, 0.15) is 33.6 Å². The third-order valence-electron chi connectivity index (χ3n) is 2.91. The number of oxime groups is 1. The van der Waals surface area contributed by atoms with Gasteiger partial charge in [0.25, 0.3) is 0 Å². The molecule has 5 heteroatoms. The van der Waals surface area contributed by atoms with Gasteiger partial charge in [0.2, 0.25) is 0 Å². The Morgan fingerprint density at radius 2 is 2.06 bits per heavy atom. The molecule has 0 spiro atoms. The van der Waals surface area contributed by atoms with E-state index in [1.54, 1.807) is 0 Å². The zero-order chi connectivity index (χ0) is 13.5. The second kappa shape index (κ2) is 7.50. The summed E-state index contributed by atoms with van der Waals surface area (Å²) in [6.45, 7) is 8.14. The van der Waals surface area contributed by atoms with Gasteiger partial charge in [-0.05, 0) is 40.4 Å². The maximum Gasteiger partial charge on any atom is 0.144 e. The van der Waals surface area contributed by atoms with E-state index in [0.717, 1.165) is 25.9 Å². The van der Waals surface area contributed by atoms with Gasteiger partial charge in [0.05, 0.1) is 0 Å². The van der Waals surface area contributed by atoms with Crippen molar-refractivity contribution in [3.8, 4) is 0 Å². The molecule has 0 aliphatic heterocycles. The number of amidine groups is 1. The van der Waals surface area contributed by atoms with Crippen LogP contribution in [0.2, 0.25) is 0 Å². The van der Waals surface area contributed by atoms with Crippen molar-refractivity contribution in [2.24, 2.45) is 16.3 Å². The van der Waals surface area contributed by atoms with Crippen LogP contribution in [0.15, 0.2) is 5.16 Å². The molecule has 4 N–H and O–H groups in total. The first-order valence-electron chi connectivity index (χ1n) is 6.15. The summed E-state index contributed by atoms with van der Waals surface area (Å²) < 4.78 is 0. The topological polar surface area (TPSA) is 73.9 Å². The fourth-order valence-corrected chi connectivity index (χ4v) is 1.75. The lowest BCUT2D eigenvalue weighted by Crippen LogP contribution is -2.37. The molecule has 1 atom stereocenters. The number of rotatable bonds is 8. The van der Waals surface area contributed by atoms with Gasteiger partial charge in [0.15, 0.2) is 0 Å². The zero-order valence-electron chi connectivity index (χ0n) is 11.8. The first-order chi connectivity index (χ1) is 7.79. The summed E-state index contributed by atoms with van der Waals surface area (Å²) in [5.74, 6) is 0.304. The predicted octanol–water partition coefficient (Wildman–Crippen LogP) is 1.08. The number of nitrogens with zero attached hydrogens (tertiary/aromatic N) is 2. The number of likely N-dealkylation sites (N-methyl/N-ethyl adjacent to an activating group) is 1. The van der Waals surface area contributed by atoms with Crippen molar-refractivity contribution < 1.29 is 5.21 Å². The van der Waals surface area contributed by atoms with Gasteiger partial charge >= 0.3 is 0 Å². The van der Waals surface area contributed by atoms with E-state index in [1.165, 1.54) is 0 Å². The van der Waals surface area contributed by atoms with Crippen LogP contribution in [0.4, 0.5) is 0 Å². The van der Waals surface area contributed by atoms with Gasteiger partial charge in [0, 0.05) is 18.0 Å². The molecule has 0 amide bonds. The molecule has 0 radical (unpaired) electrons. The van der Waals surface area contributed by atoms with E-state index in [0.29, 0.717) is 11.9 Å². The number of nitrogens with two attached hydrogens (primary N) is 1. The fraction of sp³-hybridized carbons (Fsp3) is 0.917. The van der Waals surface area contributed by atoms with Crippen LogP contribution in [0, 0.1) is 5.41 Å². The van der Waals surface area contributed by atoms with Gasteiger partial charge in [-0.15, -0.1) is 0 Å². The Hall–Kier alpha value is -0.810. The molecule has 5 nitrogen and oxygen atoms in total. The number of hydrogen-bond donors (Lipinski definition) is 3. The fourth-order valence-electron chi connectivity index (χ4n) is 1.75. The van der Waals surface area contributed by atoms with Crippen molar-refractivity contribution in [2.45, 2.75) is 39.7 Å². The Morgan fingerprint density at radius 3 is 2.53 bits per heavy atom. The second-order valence-electron chi connectivity index (χ2n) is 5.59. The summed E-state index contributed by atoms with van der Waals surface area (Å²) in [7, 11) is 4.14. The Kier molecular flexibility index (Phi) is 7.15. The molecule has 0 heterocycles. The van der Waals surface area contributed by atoms with E-state index in [1.807, 2.05) is 13.8 Å². The molecule has 0 saturated carbocycles. The lowest BCUT2D eigenvalue weighted by atomic mass is 9.86. The van der Waals surface area contributed by atoms with Crippen molar-refractivity contribution in [3.63, 3.8) is 0 Å². The average Bonchev–Trinajstić information content (AvgIpc) is 2.22. The van der Waals surface area contributed by atoms with Gasteiger partial charge in [0.1, 0.15) is 5.84 Å². The molecule has 17 heavy (non-hydrogen) atoms. The highest BCUT2D eigenvalue weighted by atomic mass is 16.4. The van der Waals surface area contributed by atoms with E-state index in [2.05, 4.69) is 36.4 Å². The van der Waals surface area contributed by atoms with Crippen LogP contribution < -0.4 is 11.1 Å². The normalized spacial score (nSPS) is 15.3. The van der Waals surface area contributed by atoms with Crippen molar-refractivity contribution >= 4 is 5.84 Å². The lowest BCUT2D eigenvalue weighted by Gasteiger charge is -2.23. The monoisotopic (exact) mass is 244 g/mol. The summed E-state index contributed by atoms with van der Waals surface area (Å²) in [6, 6.07) is 0.483. The van der Waals surface area contributed by atoms with Gasteiger partial charge in [-0.2, -0.15) is 0 Å². The van der Waals surface area contributed by atoms with E-state index < -0.39 is 0 Å². The lowest BCUT2D eigenvalue weighted by molar-refractivity contribution is 0.303. The van der Waals surface area contributed by atoms with Crippen LogP contribution >= 0.6 is 0 Å². The SMILES string of the molecule is CC(CN(C)C)NCCCC(C)(C)C(N)=NO. The molecule has 0 aliphatic carbocycles. The summed E-state index contributed by atoms with van der Waals surface area (Å²) >= 11 is 0. The largest absolute Gasteiger partial charge is 0.409 e. The van der Waals surface area contributed by atoms with Gasteiger partial charge in [-0.3, -0.25) is 0 Å². The van der Waals surface area contributed by atoms with Crippen LogP contribution in [0.3, 0.4) is 0 Å². The molecular formula is C12H28N4O. The van der Waals surface area contributed by atoms with E-state index in [9.17, 15) is 0 Å². The third-order valence-corrected chi connectivity index (χ3v) is 2.91. The summed E-state index contributed by atoms with van der Waals surface area (Å²) in [6.07, 6.45) is 1.92. The maximum atomic E-state index is 8.66. The minimum Gasteiger partial charge on any atom is -0.409 e. The molecule has 0 rings (SSSR count). The summed E-state index contributed by atoms with van der Waals surface area (Å²) in [5.41, 5.74) is 5.40. The Morgan fingerprint density at radius 1 is 1.47 bits per heavy atom. The van der Waals surface area contributed by atoms with Gasteiger partial charge < -0.3 is 21.2 Å². The average molecular weight is 244 g/mol. The summed E-state index contributed by atoms with van der Waals surface area (Å²) in [5, 5.41) is 15.2. The predicted molar refractivity (Wildman–Crippen MR) is 72.4 cm³/mol. The maximum absolute atomic E-state index is 8.66. The van der Waals surface area contributed by atoms with Crippen molar-refractivity contribution in [3.05, 3.63) is 0 Å². The highest BCUT2D eigenvalue weighted by molar-refractivity contribution is 5.85. The molecule has 0 aromatic carbocycles. The quantitative estimate of drug-likeness (QED) is 0.196. The number of hydrogen-bond acceptors (Lipinski definition) is 4. The smallest absolute Gasteiger partial charge is 0.144 e. The van der Waals surface area contributed by atoms with E-state index in [4.69, 9.17) is 10.9 Å². The van der Waals surface area contributed by atoms with Crippen molar-refractivity contribution in [1.82, 2.24) is 10.2 Å². The van der Waals surface area contributed by atoms with Crippen LogP contribution in [0.25, 0.3) is 0 Å². The first kappa shape index (κ1) is 16.2. The van der Waals surface area contributed by atoms with Crippen molar-refractivity contribution in [1.29, 1.82) is 0 Å². The Labute approximate surface area is 105 Å². The third kappa shape index (κ3) is 7.18. The molecule has 0 aromatic rings. The molecule has 102 valence electrons. The summed E-state index contributed by atoms with van der Waals surface area (Å²) in [4.78, 5) is 2.16. The highest BCUT2D eigenvalue weighted by Gasteiger charge is 2.22. The van der Waals surface area contributed by atoms with Crippen LogP contribution in [0.5, 0.6) is 0 Å². The molecular weight excluding hydrogens is 216 g/mol. The van der Waals surface area contributed by atoms with Gasteiger partial charge in [-0.25, -0.2) is 0 Å². The minimum atomic E-state index is -0.235. The minimum absolute atomic E-state index is 0.235. The first-order valence-corrected chi connectivity index (χ1v) is 6.15. The number of nitrogens with one attached hydrogen (secondary N) is 1. The molecule has 1 unspecified atom stereocenters.